The molecule has 0 amide bonds. The maximum absolute atomic E-state index is 5.91. The van der Waals surface area contributed by atoms with Crippen LogP contribution in [0, 0.1) is 3.57 Å². The molecule has 2 aromatic rings. The summed E-state index contributed by atoms with van der Waals surface area (Å²) in [5, 5.41) is 0.322. The molecule has 3 N–H and O–H groups in total. The summed E-state index contributed by atoms with van der Waals surface area (Å²) in [5.41, 5.74) is 2.33. The standard InChI is InChI=1S/C10H8ClIN4O/c11-8-5-14-10(16-13)15-9(8)17-7-3-1-6(12)2-4-7/h1-5H,13H2,(H,14,15,16). The van der Waals surface area contributed by atoms with Gasteiger partial charge in [-0.1, -0.05) is 11.6 Å². The molecule has 2 rings (SSSR count). The van der Waals surface area contributed by atoms with E-state index in [9.17, 15) is 0 Å². The average molecular weight is 363 g/mol. The first kappa shape index (κ1) is 12.3. The first-order valence-corrected chi connectivity index (χ1v) is 6.07. The van der Waals surface area contributed by atoms with Crippen molar-refractivity contribution in [3.05, 3.63) is 39.1 Å². The first-order chi connectivity index (χ1) is 8.19. The van der Waals surface area contributed by atoms with Gasteiger partial charge in [0.05, 0.1) is 6.20 Å². The fourth-order valence-corrected chi connectivity index (χ4v) is 1.60. The van der Waals surface area contributed by atoms with E-state index in [0.717, 1.165) is 3.57 Å². The van der Waals surface area contributed by atoms with Crippen LogP contribution >= 0.6 is 34.2 Å². The SMILES string of the molecule is NNc1ncc(Cl)c(Oc2ccc(I)cc2)n1. The Balaban J connectivity index is 2.25. The number of nitrogens with two attached hydrogens (primary N) is 1. The molecule has 5 nitrogen and oxygen atoms in total. The molecule has 0 bridgehead atoms. The molecule has 0 atom stereocenters. The molecule has 7 heteroatoms. The van der Waals surface area contributed by atoms with Crippen LogP contribution in [0.1, 0.15) is 0 Å². The lowest BCUT2D eigenvalue weighted by Gasteiger charge is -2.07. The molecule has 0 saturated heterocycles. The van der Waals surface area contributed by atoms with Gasteiger partial charge in [0.2, 0.25) is 11.8 Å². The lowest BCUT2D eigenvalue weighted by atomic mass is 10.3. The highest BCUT2D eigenvalue weighted by molar-refractivity contribution is 14.1. The minimum Gasteiger partial charge on any atom is -0.437 e. The molecular formula is C10H8ClIN4O. The number of halogens is 2. The summed E-state index contributed by atoms with van der Waals surface area (Å²) in [6, 6.07) is 7.51. The van der Waals surface area contributed by atoms with Crippen LogP contribution < -0.4 is 16.0 Å². The van der Waals surface area contributed by atoms with Crippen molar-refractivity contribution in [2.45, 2.75) is 0 Å². The molecule has 0 spiro atoms. The number of ether oxygens (including phenoxy) is 1. The third-order valence-electron chi connectivity index (χ3n) is 1.87. The Bertz CT molecular complexity index is 520. The van der Waals surface area contributed by atoms with E-state index >= 15 is 0 Å². The Hall–Kier alpha value is -1.12. The first-order valence-electron chi connectivity index (χ1n) is 4.61. The van der Waals surface area contributed by atoms with Gasteiger partial charge in [0.15, 0.2) is 0 Å². The van der Waals surface area contributed by atoms with Crippen LogP contribution in [-0.2, 0) is 0 Å². The van der Waals surface area contributed by atoms with Gasteiger partial charge in [-0.15, -0.1) is 0 Å². The lowest BCUT2D eigenvalue weighted by molar-refractivity contribution is 0.462. The monoisotopic (exact) mass is 362 g/mol. The van der Waals surface area contributed by atoms with Gasteiger partial charge in [-0.25, -0.2) is 10.8 Å². The second-order valence-electron chi connectivity index (χ2n) is 3.05. The van der Waals surface area contributed by atoms with E-state index in [4.69, 9.17) is 22.2 Å². The number of hydrogen-bond donors (Lipinski definition) is 2. The van der Waals surface area contributed by atoms with Gasteiger partial charge in [-0.3, -0.25) is 5.43 Å². The zero-order chi connectivity index (χ0) is 12.3. The highest BCUT2D eigenvalue weighted by atomic mass is 127. The van der Waals surface area contributed by atoms with Crippen LogP contribution in [0.4, 0.5) is 5.95 Å². The van der Waals surface area contributed by atoms with Crippen LogP contribution in [0.5, 0.6) is 11.6 Å². The van der Waals surface area contributed by atoms with Crippen molar-refractivity contribution in [2.24, 2.45) is 5.84 Å². The van der Waals surface area contributed by atoms with Crippen LogP contribution in [-0.4, -0.2) is 9.97 Å². The lowest BCUT2D eigenvalue weighted by Crippen LogP contribution is -2.10. The topological polar surface area (TPSA) is 73.1 Å². The van der Waals surface area contributed by atoms with Crippen molar-refractivity contribution in [3.8, 4) is 11.6 Å². The van der Waals surface area contributed by atoms with E-state index in [1.807, 2.05) is 24.3 Å². The molecule has 0 radical (unpaired) electrons. The summed E-state index contributed by atoms with van der Waals surface area (Å²) in [4.78, 5) is 7.86. The van der Waals surface area contributed by atoms with Gasteiger partial charge >= 0.3 is 0 Å². The molecular weight excluding hydrogens is 354 g/mol. The van der Waals surface area contributed by atoms with Gasteiger partial charge in [0, 0.05) is 3.57 Å². The van der Waals surface area contributed by atoms with Crippen LogP contribution in [0.15, 0.2) is 30.5 Å². The zero-order valence-corrected chi connectivity index (χ0v) is 11.4. The van der Waals surface area contributed by atoms with Gasteiger partial charge in [0.25, 0.3) is 0 Å². The number of aromatic nitrogens is 2. The maximum atomic E-state index is 5.91. The van der Waals surface area contributed by atoms with Crippen molar-refractivity contribution in [1.82, 2.24) is 9.97 Å². The number of hydrazine groups is 1. The van der Waals surface area contributed by atoms with Crippen LogP contribution in [0.3, 0.4) is 0 Å². The summed E-state index contributed by atoms with van der Waals surface area (Å²) in [7, 11) is 0. The number of hydrogen-bond acceptors (Lipinski definition) is 5. The average Bonchev–Trinajstić information content (AvgIpc) is 2.35. The summed E-state index contributed by atoms with van der Waals surface area (Å²) in [6.45, 7) is 0. The number of nitrogen functional groups attached to an aromatic ring is 1. The molecule has 17 heavy (non-hydrogen) atoms. The second kappa shape index (κ2) is 5.48. The summed E-state index contributed by atoms with van der Waals surface area (Å²) in [6.07, 6.45) is 1.42. The van der Waals surface area contributed by atoms with E-state index in [1.165, 1.54) is 6.20 Å². The zero-order valence-electron chi connectivity index (χ0n) is 8.52. The Morgan fingerprint density at radius 1 is 1.29 bits per heavy atom. The highest BCUT2D eigenvalue weighted by Gasteiger charge is 2.07. The Morgan fingerprint density at radius 2 is 2.00 bits per heavy atom. The van der Waals surface area contributed by atoms with Crippen LogP contribution in [0.2, 0.25) is 5.02 Å². The normalized spacial score (nSPS) is 10.1. The number of benzene rings is 1. The minimum absolute atomic E-state index is 0.245. The molecule has 1 aromatic heterocycles. The molecule has 88 valence electrons. The van der Waals surface area contributed by atoms with Crippen LogP contribution in [0.25, 0.3) is 0 Å². The molecule has 0 saturated carbocycles. The van der Waals surface area contributed by atoms with Crippen molar-refractivity contribution in [1.29, 1.82) is 0 Å². The predicted octanol–water partition coefficient (Wildman–Crippen LogP) is 2.81. The summed E-state index contributed by atoms with van der Waals surface area (Å²) >= 11 is 8.13. The molecule has 0 aliphatic carbocycles. The molecule has 0 aliphatic rings. The van der Waals surface area contributed by atoms with E-state index < -0.39 is 0 Å². The number of nitrogens with zero attached hydrogens (tertiary/aromatic N) is 2. The smallest absolute Gasteiger partial charge is 0.243 e. The van der Waals surface area contributed by atoms with Gasteiger partial charge in [0.1, 0.15) is 10.8 Å². The van der Waals surface area contributed by atoms with Gasteiger partial charge in [-0.2, -0.15) is 4.98 Å². The second-order valence-corrected chi connectivity index (χ2v) is 4.70. The molecule has 0 aliphatic heterocycles. The third-order valence-corrected chi connectivity index (χ3v) is 2.85. The molecule has 1 aromatic carbocycles. The Morgan fingerprint density at radius 3 is 2.65 bits per heavy atom. The predicted molar refractivity (Wildman–Crippen MR) is 74.1 cm³/mol. The Kier molecular flexibility index (Phi) is 3.97. The number of anilines is 1. The highest BCUT2D eigenvalue weighted by Crippen LogP contribution is 2.27. The third kappa shape index (κ3) is 3.18. The fourth-order valence-electron chi connectivity index (χ4n) is 1.11. The largest absolute Gasteiger partial charge is 0.437 e. The van der Waals surface area contributed by atoms with Crippen molar-refractivity contribution >= 4 is 40.1 Å². The van der Waals surface area contributed by atoms with E-state index in [-0.39, 0.29) is 11.8 Å². The quantitative estimate of drug-likeness (QED) is 0.499. The minimum atomic E-state index is 0.245. The fraction of sp³-hybridized carbons (Fsp3) is 0. The van der Waals surface area contributed by atoms with Crippen molar-refractivity contribution in [2.75, 3.05) is 5.43 Å². The van der Waals surface area contributed by atoms with E-state index in [2.05, 4.69) is 38.0 Å². The van der Waals surface area contributed by atoms with Crippen molar-refractivity contribution < 1.29 is 4.74 Å². The van der Waals surface area contributed by atoms with E-state index in [0.29, 0.717) is 10.8 Å². The van der Waals surface area contributed by atoms with Crippen molar-refractivity contribution in [3.63, 3.8) is 0 Å². The Labute approximate surface area is 116 Å². The summed E-state index contributed by atoms with van der Waals surface area (Å²) < 4.78 is 6.64. The molecule has 0 unspecified atom stereocenters. The van der Waals surface area contributed by atoms with E-state index in [1.54, 1.807) is 0 Å². The maximum Gasteiger partial charge on any atom is 0.243 e. The van der Waals surface area contributed by atoms with Gasteiger partial charge < -0.3 is 4.74 Å². The van der Waals surface area contributed by atoms with Gasteiger partial charge in [-0.05, 0) is 46.9 Å². The summed E-state index contributed by atoms with van der Waals surface area (Å²) in [5.74, 6) is 6.36. The molecule has 1 heterocycles. The number of rotatable bonds is 3. The molecule has 0 fully saturated rings. The number of nitrogens with one attached hydrogen (secondary N) is 1.